The van der Waals surface area contributed by atoms with Gasteiger partial charge in [-0.15, -0.1) is 0 Å². The molecule has 0 aromatic heterocycles. The van der Waals surface area contributed by atoms with Crippen LogP contribution in [-0.4, -0.2) is 41.9 Å². The Balaban J connectivity index is 1.50. The molecule has 5 heteroatoms. The molecule has 0 radical (unpaired) electrons. The van der Waals surface area contributed by atoms with Gasteiger partial charge in [-0.25, -0.2) is 4.39 Å². The summed E-state index contributed by atoms with van der Waals surface area (Å²) >= 11 is 6.21. The van der Waals surface area contributed by atoms with E-state index >= 15 is 0 Å². The second-order valence-electron chi connectivity index (χ2n) is 6.08. The van der Waals surface area contributed by atoms with E-state index in [4.69, 9.17) is 11.6 Å². The summed E-state index contributed by atoms with van der Waals surface area (Å²) < 4.78 is 12.9. The number of carbonyl (C=O) groups excluding carboxylic acids is 1. The first-order chi connectivity index (χ1) is 12.1. The maximum atomic E-state index is 12.9. The summed E-state index contributed by atoms with van der Waals surface area (Å²) in [5, 5.41) is 0.781. The van der Waals surface area contributed by atoms with Crippen LogP contribution >= 0.6 is 11.6 Å². The van der Waals surface area contributed by atoms with E-state index in [2.05, 4.69) is 4.90 Å². The summed E-state index contributed by atoms with van der Waals surface area (Å²) in [6.07, 6.45) is 3.27. The second kappa shape index (κ2) is 8.28. The van der Waals surface area contributed by atoms with E-state index < -0.39 is 0 Å². The van der Waals surface area contributed by atoms with Gasteiger partial charge in [0, 0.05) is 43.8 Å². The van der Waals surface area contributed by atoms with Gasteiger partial charge < -0.3 is 4.90 Å². The van der Waals surface area contributed by atoms with Crippen LogP contribution in [0.25, 0.3) is 6.08 Å². The van der Waals surface area contributed by atoms with Crippen molar-refractivity contribution in [1.29, 1.82) is 0 Å². The molecule has 0 atom stereocenters. The van der Waals surface area contributed by atoms with Crippen LogP contribution in [0.3, 0.4) is 0 Å². The number of benzene rings is 2. The van der Waals surface area contributed by atoms with Gasteiger partial charge in [0.05, 0.1) is 0 Å². The average Bonchev–Trinajstić information content (AvgIpc) is 2.63. The molecule has 1 fully saturated rings. The molecule has 1 heterocycles. The number of carbonyl (C=O) groups is 1. The Morgan fingerprint density at radius 1 is 1.04 bits per heavy atom. The number of amides is 1. The van der Waals surface area contributed by atoms with Crippen molar-refractivity contribution in [1.82, 2.24) is 9.80 Å². The lowest BCUT2D eigenvalue weighted by atomic mass is 10.2. The maximum Gasteiger partial charge on any atom is 0.246 e. The van der Waals surface area contributed by atoms with Gasteiger partial charge in [0.15, 0.2) is 0 Å². The van der Waals surface area contributed by atoms with E-state index in [1.54, 1.807) is 24.3 Å². The molecule has 25 heavy (non-hydrogen) atoms. The van der Waals surface area contributed by atoms with Gasteiger partial charge in [-0.3, -0.25) is 9.69 Å². The predicted molar refractivity (Wildman–Crippen MR) is 98.7 cm³/mol. The third-order valence-corrected chi connectivity index (χ3v) is 4.69. The quantitative estimate of drug-likeness (QED) is 0.775. The van der Waals surface area contributed by atoms with Crippen LogP contribution in [0.5, 0.6) is 0 Å². The van der Waals surface area contributed by atoms with E-state index in [0.29, 0.717) is 13.1 Å². The summed E-state index contributed by atoms with van der Waals surface area (Å²) in [6, 6.07) is 13.9. The summed E-state index contributed by atoms with van der Waals surface area (Å²) in [5.74, 6) is -0.292. The third-order valence-electron chi connectivity index (χ3n) is 4.32. The van der Waals surface area contributed by atoms with Gasteiger partial charge in [-0.1, -0.05) is 41.9 Å². The lowest BCUT2D eigenvalue weighted by Crippen LogP contribution is -2.47. The van der Waals surface area contributed by atoms with Crippen molar-refractivity contribution >= 4 is 23.6 Å². The number of nitrogens with zero attached hydrogens (tertiary/aromatic N) is 2. The SMILES string of the molecule is O=C(/C=C/c1ccc(F)cc1)N1CCN(Cc2ccccc2Cl)CC1. The normalized spacial score (nSPS) is 15.7. The van der Waals surface area contributed by atoms with Gasteiger partial charge in [-0.05, 0) is 35.4 Å². The fraction of sp³-hybridized carbons (Fsp3) is 0.250. The molecule has 1 saturated heterocycles. The van der Waals surface area contributed by atoms with Gasteiger partial charge in [0.1, 0.15) is 5.82 Å². The Labute approximate surface area is 152 Å². The zero-order valence-electron chi connectivity index (χ0n) is 13.9. The van der Waals surface area contributed by atoms with Crippen LogP contribution in [0.1, 0.15) is 11.1 Å². The summed E-state index contributed by atoms with van der Waals surface area (Å²) in [4.78, 5) is 16.4. The van der Waals surface area contributed by atoms with Gasteiger partial charge in [0.25, 0.3) is 0 Å². The van der Waals surface area contributed by atoms with Gasteiger partial charge in [-0.2, -0.15) is 0 Å². The molecule has 130 valence electrons. The number of piperazine rings is 1. The molecule has 0 saturated carbocycles. The van der Waals surface area contributed by atoms with Crippen molar-refractivity contribution in [3.63, 3.8) is 0 Å². The van der Waals surface area contributed by atoms with E-state index in [-0.39, 0.29) is 11.7 Å². The second-order valence-corrected chi connectivity index (χ2v) is 6.48. The summed E-state index contributed by atoms with van der Waals surface area (Å²) in [6.45, 7) is 3.82. The molecule has 2 aromatic carbocycles. The fourth-order valence-corrected chi connectivity index (χ4v) is 3.04. The Kier molecular flexibility index (Phi) is 5.84. The molecule has 2 aromatic rings. The highest BCUT2D eigenvalue weighted by atomic mass is 35.5. The van der Waals surface area contributed by atoms with E-state index in [9.17, 15) is 9.18 Å². The highest BCUT2D eigenvalue weighted by Gasteiger charge is 2.20. The first-order valence-electron chi connectivity index (χ1n) is 8.30. The molecule has 0 N–H and O–H groups in total. The molecule has 1 amide bonds. The topological polar surface area (TPSA) is 23.6 Å². The number of rotatable bonds is 4. The molecule has 0 aliphatic carbocycles. The maximum absolute atomic E-state index is 12.9. The first kappa shape index (κ1) is 17.6. The van der Waals surface area contributed by atoms with Crippen LogP contribution in [0.2, 0.25) is 5.02 Å². The molecular formula is C20H20ClFN2O. The molecule has 3 rings (SSSR count). The largest absolute Gasteiger partial charge is 0.337 e. The monoisotopic (exact) mass is 358 g/mol. The van der Waals surface area contributed by atoms with Crippen LogP contribution < -0.4 is 0 Å². The highest BCUT2D eigenvalue weighted by molar-refractivity contribution is 6.31. The van der Waals surface area contributed by atoms with Crippen LogP contribution in [-0.2, 0) is 11.3 Å². The van der Waals surface area contributed by atoms with Crippen molar-refractivity contribution in [2.24, 2.45) is 0 Å². The van der Waals surface area contributed by atoms with Crippen LogP contribution in [0.15, 0.2) is 54.6 Å². The highest BCUT2D eigenvalue weighted by Crippen LogP contribution is 2.18. The molecule has 3 nitrogen and oxygen atoms in total. The van der Waals surface area contributed by atoms with Crippen molar-refractivity contribution in [3.05, 3.63) is 76.6 Å². The summed E-state index contributed by atoms with van der Waals surface area (Å²) in [7, 11) is 0. The standard InChI is InChI=1S/C20H20ClFN2O/c21-19-4-2-1-3-17(19)15-23-11-13-24(14-12-23)20(25)10-7-16-5-8-18(22)9-6-16/h1-10H,11-15H2/b10-7+. The Morgan fingerprint density at radius 2 is 1.72 bits per heavy atom. The minimum absolute atomic E-state index is 0.0123. The van der Waals surface area contributed by atoms with Crippen LogP contribution in [0.4, 0.5) is 4.39 Å². The Hall–Kier alpha value is -2.17. The van der Waals surface area contributed by atoms with E-state index in [1.807, 2.05) is 29.2 Å². The van der Waals surface area contributed by atoms with Crippen LogP contribution in [0, 0.1) is 5.82 Å². The number of halogens is 2. The Morgan fingerprint density at radius 3 is 2.40 bits per heavy atom. The third kappa shape index (κ3) is 4.91. The molecule has 1 aliphatic rings. The lowest BCUT2D eigenvalue weighted by molar-refractivity contribution is -0.127. The molecule has 0 spiro atoms. The number of hydrogen-bond acceptors (Lipinski definition) is 2. The average molecular weight is 359 g/mol. The molecule has 1 aliphatic heterocycles. The van der Waals surface area contributed by atoms with Gasteiger partial charge >= 0.3 is 0 Å². The molecule has 0 unspecified atom stereocenters. The van der Waals surface area contributed by atoms with Crippen molar-refractivity contribution < 1.29 is 9.18 Å². The zero-order valence-corrected chi connectivity index (χ0v) is 14.6. The molecule has 0 bridgehead atoms. The minimum atomic E-state index is -0.280. The lowest BCUT2D eigenvalue weighted by Gasteiger charge is -2.34. The van der Waals surface area contributed by atoms with E-state index in [0.717, 1.165) is 35.8 Å². The van der Waals surface area contributed by atoms with Crippen molar-refractivity contribution in [3.8, 4) is 0 Å². The predicted octanol–water partition coefficient (Wildman–Crippen LogP) is 3.84. The Bertz CT molecular complexity index is 753. The fourth-order valence-electron chi connectivity index (χ4n) is 2.84. The molecular weight excluding hydrogens is 339 g/mol. The zero-order chi connectivity index (χ0) is 17.6. The minimum Gasteiger partial charge on any atom is -0.337 e. The number of hydrogen-bond donors (Lipinski definition) is 0. The van der Waals surface area contributed by atoms with Gasteiger partial charge in [0.2, 0.25) is 5.91 Å². The first-order valence-corrected chi connectivity index (χ1v) is 8.68. The van der Waals surface area contributed by atoms with E-state index in [1.165, 1.54) is 12.1 Å². The van der Waals surface area contributed by atoms with Crippen molar-refractivity contribution in [2.45, 2.75) is 6.54 Å². The smallest absolute Gasteiger partial charge is 0.246 e. The van der Waals surface area contributed by atoms with Crippen molar-refractivity contribution in [2.75, 3.05) is 26.2 Å². The summed E-state index contributed by atoms with van der Waals surface area (Å²) in [5.41, 5.74) is 1.92.